The maximum absolute atomic E-state index is 13.0. The Morgan fingerprint density at radius 3 is 2.53 bits per heavy atom. The number of carboxylic acids is 1. The van der Waals surface area contributed by atoms with E-state index in [1.54, 1.807) is 0 Å². The van der Waals surface area contributed by atoms with Crippen molar-refractivity contribution in [3.8, 4) is 0 Å². The summed E-state index contributed by atoms with van der Waals surface area (Å²) >= 11 is 5.88. The highest BCUT2D eigenvalue weighted by atomic mass is 35.5. The molecule has 1 N–H and O–H groups in total. The second-order valence-corrected chi connectivity index (χ2v) is 4.53. The van der Waals surface area contributed by atoms with Crippen molar-refractivity contribution in [2.45, 2.75) is 26.3 Å². The molecule has 0 saturated heterocycles. The minimum atomic E-state index is -1.20. The molecule has 1 aromatic carbocycles. The molecule has 0 fully saturated rings. The molecular weight excluding hydrogens is 273 g/mol. The van der Waals surface area contributed by atoms with Gasteiger partial charge in [-0.1, -0.05) is 24.6 Å². The SMILES string of the molecule is CCCN(C(C)=O)C(C(=O)O)c1ccc(F)cc1Cl. The van der Waals surface area contributed by atoms with E-state index in [1.807, 2.05) is 6.92 Å². The van der Waals surface area contributed by atoms with Crippen molar-refractivity contribution in [1.29, 1.82) is 0 Å². The summed E-state index contributed by atoms with van der Waals surface area (Å²) in [5.74, 6) is -2.12. The zero-order valence-corrected chi connectivity index (χ0v) is 11.4. The van der Waals surface area contributed by atoms with Crippen molar-refractivity contribution in [2.75, 3.05) is 6.54 Å². The van der Waals surface area contributed by atoms with Gasteiger partial charge in [0.15, 0.2) is 6.04 Å². The molecule has 1 amide bonds. The van der Waals surface area contributed by atoms with Crippen LogP contribution < -0.4 is 0 Å². The number of halogens is 2. The van der Waals surface area contributed by atoms with Crippen LogP contribution >= 0.6 is 11.6 Å². The van der Waals surface area contributed by atoms with Crippen LogP contribution in [0.1, 0.15) is 31.9 Å². The summed E-state index contributed by atoms with van der Waals surface area (Å²) in [5, 5.41) is 9.32. The van der Waals surface area contributed by atoms with Gasteiger partial charge >= 0.3 is 5.97 Å². The van der Waals surface area contributed by atoms with Crippen LogP contribution in [0, 0.1) is 5.82 Å². The van der Waals surface area contributed by atoms with Crippen LogP contribution in [0.5, 0.6) is 0 Å². The number of carbonyl (C=O) groups is 2. The Morgan fingerprint density at radius 2 is 2.11 bits per heavy atom. The van der Waals surface area contributed by atoms with Gasteiger partial charge in [-0.2, -0.15) is 0 Å². The summed E-state index contributed by atoms with van der Waals surface area (Å²) in [7, 11) is 0. The van der Waals surface area contributed by atoms with Crippen molar-refractivity contribution in [1.82, 2.24) is 4.90 Å². The molecule has 1 atom stereocenters. The molecule has 19 heavy (non-hydrogen) atoms. The molecule has 0 heterocycles. The molecule has 0 aromatic heterocycles. The molecule has 0 aliphatic heterocycles. The molecular formula is C13H15ClFNO3. The normalized spacial score (nSPS) is 12.0. The van der Waals surface area contributed by atoms with E-state index in [4.69, 9.17) is 11.6 Å². The fraction of sp³-hybridized carbons (Fsp3) is 0.385. The van der Waals surface area contributed by atoms with Crippen LogP contribution in [-0.4, -0.2) is 28.4 Å². The first-order valence-corrected chi connectivity index (χ1v) is 6.21. The number of hydrogen-bond donors (Lipinski definition) is 1. The number of aliphatic carboxylic acids is 1. The largest absolute Gasteiger partial charge is 0.479 e. The average molecular weight is 288 g/mol. The van der Waals surface area contributed by atoms with Crippen LogP contribution in [0.25, 0.3) is 0 Å². The molecule has 6 heteroatoms. The van der Waals surface area contributed by atoms with E-state index in [0.29, 0.717) is 13.0 Å². The van der Waals surface area contributed by atoms with Crippen molar-refractivity contribution in [3.05, 3.63) is 34.6 Å². The monoisotopic (exact) mass is 287 g/mol. The predicted molar refractivity (Wildman–Crippen MR) is 69.5 cm³/mol. The Hall–Kier alpha value is -1.62. The van der Waals surface area contributed by atoms with Gasteiger partial charge in [0.05, 0.1) is 0 Å². The zero-order valence-electron chi connectivity index (χ0n) is 10.7. The molecule has 0 saturated carbocycles. The van der Waals surface area contributed by atoms with Gasteiger partial charge in [0.2, 0.25) is 5.91 Å². The van der Waals surface area contributed by atoms with Crippen molar-refractivity contribution >= 4 is 23.5 Å². The average Bonchev–Trinajstić information content (AvgIpc) is 2.30. The van der Waals surface area contributed by atoms with Gasteiger partial charge in [-0.25, -0.2) is 9.18 Å². The number of hydrogen-bond acceptors (Lipinski definition) is 2. The van der Waals surface area contributed by atoms with E-state index in [1.165, 1.54) is 17.9 Å². The van der Waals surface area contributed by atoms with Gasteiger partial charge < -0.3 is 10.0 Å². The second-order valence-electron chi connectivity index (χ2n) is 4.12. The minimum absolute atomic E-state index is 0.00486. The molecule has 1 rings (SSSR count). The number of carboxylic acid groups (broad SMARTS) is 1. The standard InChI is InChI=1S/C13H15ClFNO3/c1-3-6-16(8(2)17)12(13(18)19)10-5-4-9(15)7-11(10)14/h4-5,7,12H,3,6H2,1-2H3,(H,18,19). The fourth-order valence-corrected chi connectivity index (χ4v) is 2.14. The lowest BCUT2D eigenvalue weighted by Crippen LogP contribution is -2.38. The van der Waals surface area contributed by atoms with Crippen molar-refractivity contribution < 1.29 is 19.1 Å². The molecule has 4 nitrogen and oxygen atoms in total. The van der Waals surface area contributed by atoms with E-state index >= 15 is 0 Å². The summed E-state index contributed by atoms with van der Waals surface area (Å²) in [6, 6.07) is 2.26. The quantitative estimate of drug-likeness (QED) is 0.906. The van der Waals surface area contributed by atoms with E-state index < -0.39 is 17.8 Å². The summed E-state index contributed by atoms with van der Waals surface area (Å²) in [5.41, 5.74) is 0.208. The number of rotatable bonds is 5. The highest BCUT2D eigenvalue weighted by Crippen LogP contribution is 2.29. The maximum atomic E-state index is 13.0. The van der Waals surface area contributed by atoms with Gasteiger partial charge in [-0.3, -0.25) is 4.79 Å². The number of amides is 1. The molecule has 0 aliphatic carbocycles. The third kappa shape index (κ3) is 3.67. The van der Waals surface area contributed by atoms with Gasteiger partial charge in [0.25, 0.3) is 0 Å². The second kappa shape index (κ2) is 6.52. The Labute approximate surface area is 115 Å². The molecule has 0 aliphatic rings. The molecule has 0 radical (unpaired) electrons. The van der Waals surface area contributed by atoms with Gasteiger partial charge in [-0.15, -0.1) is 0 Å². The van der Waals surface area contributed by atoms with Gasteiger partial charge in [0, 0.05) is 24.1 Å². The maximum Gasteiger partial charge on any atom is 0.331 e. The van der Waals surface area contributed by atoms with Crippen LogP contribution in [-0.2, 0) is 9.59 Å². The highest BCUT2D eigenvalue weighted by molar-refractivity contribution is 6.31. The minimum Gasteiger partial charge on any atom is -0.479 e. The lowest BCUT2D eigenvalue weighted by molar-refractivity contribution is -0.149. The topological polar surface area (TPSA) is 57.6 Å². The first-order valence-electron chi connectivity index (χ1n) is 5.83. The van der Waals surface area contributed by atoms with Crippen molar-refractivity contribution in [2.24, 2.45) is 0 Å². The third-order valence-corrected chi connectivity index (χ3v) is 3.00. The zero-order chi connectivity index (χ0) is 14.6. The van der Waals surface area contributed by atoms with E-state index in [0.717, 1.165) is 12.1 Å². The summed E-state index contributed by atoms with van der Waals surface area (Å²) in [6.45, 7) is 3.42. The van der Waals surface area contributed by atoms with Crippen molar-refractivity contribution in [3.63, 3.8) is 0 Å². The summed E-state index contributed by atoms with van der Waals surface area (Å²) in [6.07, 6.45) is 0.613. The number of nitrogens with zero attached hydrogens (tertiary/aromatic N) is 1. The predicted octanol–water partition coefficient (Wildman–Crippen LogP) is 2.86. The van der Waals surface area contributed by atoms with Gasteiger partial charge in [-0.05, 0) is 18.6 Å². The molecule has 104 valence electrons. The smallest absolute Gasteiger partial charge is 0.331 e. The van der Waals surface area contributed by atoms with Gasteiger partial charge in [0.1, 0.15) is 5.82 Å². The summed E-state index contributed by atoms with van der Waals surface area (Å²) < 4.78 is 13.0. The molecule has 1 unspecified atom stereocenters. The molecule has 0 bridgehead atoms. The molecule has 1 aromatic rings. The first-order chi connectivity index (χ1) is 8.88. The van der Waals surface area contributed by atoms with Crippen LogP contribution in [0.4, 0.5) is 4.39 Å². The summed E-state index contributed by atoms with van der Waals surface area (Å²) in [4.78, 5) is 24.2. The number of benzene rings is 1. The molecule has 0 spiro atoms. The lowest BCUT2D eigenvalue weighted by Gasteiger charge is -2.28. The lowest BCUT2D eigenvalue weighted by atomic mass is 10.0. The first kappa shape index (κ1) is 15.4. The van der Waals surface area contributed by atoms with E-state index in [-0.39, 0.29) is 16.5 Å². The fourth-order valence-electron chi connectivity index (χ4n) is 1.87. The number of carbonyl (C=O) groups excluding carboxylic acids is 1. The Morgan fingerprint density at radius 1 is 1.47 bits per heavy atom. The Balaban J connectivity index is 3.26. The Bertz CT molecular complexity index is 493. The van der Waals surface area contributed by atoms with E-state index in [9.17, 15) is 19.1 Å². The third-order valence-electron chi connectivity index (χ3n) is 2.67. The van der Waals surface area contributed by atoms with E-state index in [2.05, 4.69) is 0 Å². The highest BCUT2D eigenvalue weighted by Gasteiger charge is 2.30. The van der Waals surface area contributed by atoms with Crippen LogP contribution in [0.2, 0.25) is 5.02 Å². The van der Waals surface area contributed by atoms with Crippen LogP contribution in [0.15, 0.2) is 18.2 Å². The van der Waals surface area contributed by atoms with Crippen LogP contribution in [0.3, 0.4) is 0 Å². The Kier molecular flexibility index (Phi) is 5.30.